The van der Waals surface area contributed by atoms with Crippen molar-refractivity contribution in [2.45, 2.75) is 25.7 Å². The van der Waals surface area contributed by atoms with Crippen LogP contribution in [0.4, 0.5) is 5.82 Å². The van der Waals surface area contributed by atoms with Gasteiger partial charge in [-0.15, -0.1) is 0 Å². The minimum absolute atomic E-state index is 0.156. The zero-order valence-electron chi connectivity index (χ0n) is 10.4. The number of hydrogen-bond acceptors (Lipinski definition) is 3. The van der Waals surface area contributed by atoms with E-state index in [0.29, 0.717) is 18.8 Å². The van der Waals surface area contributed by atoms with Crippen LogP contribution in [0.1, 0.15) is 31.2 Å². The van der Waals surface area contributed by atoms with E-state index in [1.165, 1.54) is 0 Å². The number of carbonyl (C=O) groups excluding carboxylic acids is 1. The number of carbonyl (C=O) groups is 1. The van der Waals surface area contributed by atoms with Crippen molar-refractivity contribution < 1.29 is 4.79 Å². The molecule has 1 aliphatic heterocycles. The molecule has 2 N–H and O–H groups in total. The summed E-state index contributed by atoms with van der Waals surface area (Å²) in [5.74, 6) is 6.62. The Morgan fingerprint density at radius 1 is 1.39 bits per heavy atom. The highest BCUT2D eigenvalue weighted by Crippen LogP contribution is 2.18. The van der Waals surface area contributed by atoms with E-state index in [9.17, 15) is 4.79 Å². The molecule has 0 spiro atoms. The maximum absolute atomic E-state index is 12.0. The lowest BCUT2D eigenvalue weighted by Crippen LogP contribution is -2.30. The summed E-state index contributed by atoms with van der Waals surface area (Å²) in [5.41, 5.74) is 6.20. The SMILES string of the molecule is NCC#Cc1ccnc(N2CCCCCC2=O)c1. The number of nitrogens with two attached hydrogens (primary N) is 1. The first kappa shape index (κ1) is 12.6. The van der Waals surface area contributed by atoms with Crippen molar-refractivity contribution in [1.82, 2.24) is 4.98 Å². The summed E-state index contributed by atoms with van der Waals surface area (Å²) in [6.45, 7) is 1.08. The summed E-state index contributed by atoms with van der Waals surface area (Å²) in [6.07, 6.45) is 5.41. The van der Waals surface area contributed by atoms with Gasteiger partial charge in [-0.25, -0.2) is 4.98 Å². The Hall–Kier alpha value is -1.86. The second kappa shape index (κ2) is 6.18. The Balaban J connectivity index is 2.23. The van der Waals surface area contributed by atoms with E-state index in [2.05, 4.69) is 16.8 Å². The molecule has 1 aromatic heterocycles. The second-order valence-corrected chi connectivity index (χ2v) is 4.26. The van der Waals surface area contributed by atoms with Crippen molar-refractivity contribution in [2.75, 3.05) is 18.0 Å². The van der Waals surface area contributed by atoms with Gasteiger partial charge < -0.3 is 5.73 Å². The lowest BCUT2D eigenvalue weighted by atomic mass is 10.2. The van der Waals surface area contributed by atoms with Crippen molar-refractivity contribution in [3.8, 4) is 11.8 Å². The molecular formula is C14H17N3O. The largest absolute Gasteiger partial charge is 0.320 e. The van der Waals surface area contributed by atoms with E-state index in [0.717, 1.165) is 31.4 Å². The molecule has 1 aliphatic rings. The highest BCUT2D eigenvalue weighted by molar-refractivity contribution is 5.92. The average molecular weight is 243 g/mol. The van der Waals surface area contributed by atoms with Crippen LogP contribution in [0.3, 0.4) is 0 Å². The van der Waals surface area contributed by atoms with Crippen LogP contribution in [0.15, 0.2) is 18.3 Å². The quantitative estimate of drug-likeness (QED) is 0.756. The number of hydrogen-bond donors (Lipinski definition) is 1. The van der Waals surface area contributed by atoms with Gasteiger partial charge in [-0.2, -0.15) is 0 Å². The van der Waals surface area contributed by atoms with E-state index >= 15 is 0 Å². The maximum Gasteiger partial charge on any atom is 0.228 e. The monoisotopic (exact) mass is 243 g/mol. The molecule has 2 rings (SSSR count). The molecule has 4 nitrogen and oxygen atoms in total. The molecule has 94 valence electrons. The summed E-state index contributed by atoms with van der Waals surface area (Å²) in [6, 6.07) is 3.68. The highest BCUT2D eigenvalue weighted by Gasteiger charge is 2.19. The van der Waals surface area contributed by atoms with Crippen LogP contribution in [0.5, 0.6) is 0 Å². The van der Waals surface area contributed by atoms with Crippen molar-refractivity contribution in [2.24, 2.45) is 5.73 Å². The number of nitrogens with zero attached hydrogens (tertiary/aromatic N) is 2. The molecule has 2 heterocycles. The predicted molar refractivity (Wildman–Crippen MR) is 71.0 cm³/mol. The van der Waals surface area contributed by atoms with E-state index in [1.54, 1.807) is 11.1 Å². The van der Waals surface area contributed by atoms with Crippen LogP contribution in [-0.4, -0.2) is 24.0 Å². The molecule has 1 aromatic rings. The van der Waals surface area contributed by atoms with Gasteiger partial charge in [-0.05, 0) is 25.0 Å². The molecule has 4 heteroatoms. The van der Waals surface area contributed by atoms with E-state index in [-0.39, 0.29) is 5.91 Å². The first-order chi connectivity index (χ1) is 8.81. The van der Waals surface area contributed by atoms with Gasteiger partial charge in [0.15, 0.2) is 0 Å². The number of amides is 1. The Labute approximate surface area is 107 Å². The Kier molecular flexibility index (Phi) is 4.32. The molecule has 0 radical (unpaired) electrons. The standard InChI is InChI=1S/C14H17N3O/c15-8-4-5-12-7-9-16-13(11-12)17-10-3-1-2-6-14(17)18/h7,9,11H,1-3,6,8,10,15H2. The third kappa shape index (κ3) is 3.08. The van der Waals surface area contributed by atoms with Crippen LogP contribution in [0, 0.1) is 11.8 Å². The summed E-state index contributed by atoms with van der Waals surface area (Å²) in [5, 5.41) is 0. The van der Waals surface area contributed by atoms with Crippen LogP contribution >= 0.6 is 0 Å². The summed E-state index contributed by atoms with van der Waals surface area (Å²) < 4.78 is 0. The molecule has 0 saturated carbocycles. The van der Waals surface area contributed by atoms with E-state index < -0.39 is 0 Å². The van der Waals surface area contributed by atoms with Gasteiger partial charge in [0.05, 0.1) is 6.54 Å². The molecule has 1 fully saturated rings. The molecule has 0 unspecified atom stereocenters. The van der Waals surface area contributed by atoms with Crippen molar-refractivity contribution in [3.63, 3.8) is 0 Å². The first-order valence-corrected chi connectivity index (χ1v) is 6.26. The van der Waals surface area contributed by atoms with Crippen molar-refractivity contribution in [1.29, 1.82) is 0 Å². The van der Waals surface area contributed by atoms with E-state index in [4.69, 9.17) is 5.73 Å². The molecule has 0 aliphatic carbocycles. The number of aromatic nitrogens is 1. The maximum atomic E-state index is 12.0. The fourth-order valence-corrected chi connectivity index (χ4v) is 2.02. The van der Waals surface area contributed by atoms with Gasteiger partial charge in [0, 0.05) is 24.7 Å². The van der Waals surface area contributed by atoms with Crippen molar-refractivity contribution >= 4 is 11.7 Å². The predicted octanol–water partition coefficient (Wildman–Crippen LogP) is 1.30. The minimum atomic E-state index is 0.156. The minimum Gasteiger partial charge on any atom is -0.320 e. The number of anilines is 1. The second-order valence-electron chi connectivity index (χ2n) is 4.26. The zero-order valence-corrected chi connectivity index (χ0v) is 10.4. The Morgan fingerprint density at radius 2 is 2.28 bits per heavy atom. The topological polar surface area (TPSA) is 59.2 Å². The Morgan fingerprint density at radius 3 is 3.11 bits per heavy atom. The fourth-order valence-electron chi connectivity index (χ4n) is 2.02. The van der Waals surface area contributed by atoms with Crippen LogP contribution in [-0.2, 0) is 4.79 Å². The molecule has 0 bridgehead atoms. The third-order valence-corrected chi connectivity index (χ3v) is 2.93. The van der Waals surface area contributed by atoms with Crippen molar-refractivity contribution in [3.05, 3.63) is 23.9 Å². The molecule has 1 amide bonds. The summed E-state index contributed by atoms with van der Waals surface area (Å²) >= 11 is 0. The van der Waals surface area contributed by atoms with Crippen LogP contribution < -0.4 is 10.6 Å². The number of rotatable bonds is 1. The summed E-state index contributed by atoms with van der Waals surface area (Å²) in [7, 11) is 0. The van der Waals surface area contributed by atoms with Gasteiger partial charge in [0.25, 0.3) is 0 Å². The smallest absolute Gasteiger partial charge is 0.228 e. The molecule has 0 atom stereocenters. The first-order valence-electron chi connectivity index (χ1n) is 6.26. The van der Waals surface area contributed by atoms with Gasteiger partial charge >= 0.3 is 0 Å². The normalized spacial score (nSPS) is 15.8. The fraction of sp³-hybridized carbons (Fsp3) is 0.429. The van der Waals surface area contributed by atoms with Crippen LogP contribution in [0.2, 0.25) is 0 Å². The van der Waals surface area contributed by atoms with E-state index in [1.807, 2.05) is 12.1 Å². The Bertz CT molecular complexity index is 487. The van der Waals surface area contributed by atoms with Gasteiger partial charge in [-0.3, -0.25) is 9.69 Å². The molecular weight excluding hydrogens is 226 g/mol. The van der Waals surface area contributed by atoms with Crippen LogP contribution in [0.25, 0.3) is 0 Å². The lowest BCUT2D eigenvalue weighted by molar-refractivity contribution is -0.118. The third-order valence-electron chi connectivity index (χ3n) is 2.93. The van der Waals surface area contributed by atoms with Gasteiger partial charge in [-0.1, -0.05) is 18.3 Å². The van der Waals surface area contributed by atoms with Gasteiger partial charge in [0.1, 0.15) is 5.82 Å². The van der Waals surface area contributed by atoms with Gasteiger partial charge in [0.2, 0.25) is 5.91 Å². The molecule has 0 aromatic carbocycles. The highest BCUT2D eigenvalue weighted by atomic mass is 16.2. The lowest BCUT2D eigenvalue weighted by Gasteiger charge is -2.19. The molecule has 18 heavy (non-hydrogen) atoms. The molecule has 1 saturated heterocycles. The zero-order chi connectivity index (χ0) is 12.8. The number of pyridine rings is 1. The summed E-state index contributed by atoms with van der Waals surface area (Å²) in [4.78, 5) is 18.0. The average Bonchev–Trinajstić information content (AvgIpc) is 2.61.